The Kier molecular flexibility index (Phi) is 6.52. The van der Waals surface area contributed by atoms with Crippen molar-refractivity contribution in [3.8, 4) is 17.0 Å². The number of aryl methyl sites for hydroxylation is 1. The summed E-state index contributed by atoms with van der Waals surface area (Å²) in [5.74, 6) is 0.554. The van der Waals surface area contributed by atoms with E-state index in [2.05, 4.69) is 9.97 Å². The van der Waals surface area contributed by atoms with E-state index in [-0.39, 0.29) is 17.8 Å². The van der Waals surface area contributed by atoms with E-state index < -0.39 is 0 Å². The molecule has 0 N–H and O–H groups in total. The summed E-state index contributed by atoms with van der Waals surface area (Å²) >= 11 is 0. The van der Waals surface area contributed by atoms with Crippen molar-refractivity contribution in [3.63, 3.8) is 0 Å². The number of carbonyl (C=O) groups is 1. The van der Waals surface area contributed by atoms with Gasteiger partial charge in [-0.3, -0.25) is 9.78 Å². The van der Waals surface area contributed by atoms with Crippen LogP contribution in [-0.2, 0) is 16.0 Å². The quantitative estimate of drug-likeness (QED) is 0.605. The maximum absolute atomic E-state index is 13.6. The Morgan fingerprint density at radius 1 is 1.23 bits per heavy atom. The normalized spacial score (nSPS) is 16.2. The van der Waals surface area contributed by atoms with Gasteiger partial charge in [0.2, 0.25) is 5.91 Å². The van der Waals surface area contributed by atoms with Crippen LogP contribution in [0.2, 0.25) is 0 Å². The van der Waals surface area contributed by atoms with E-state index in [0.29, 0.717) is 49.5 Å². The molecule has 1 unspecified atom stereocenters. The van der Waals surface area contributed by atoms with Crippen LogP contribution in [0.4, 0.5) is 4.39 Å². The lowest BCUT2D eigenvalue weighted by atomic mass is 10.1. The lowest BCUT2D eigenvalue weighted by molar-refractivity contribution is -0.139. The van der Waals surface area contributed by atoms with Crippen LogP contribution in [0.25, 0.3) is 11.3 Å². The molecule has 1 aromatic heterocycles. The second-order valence-corrected chi connectivity index (χ2v) is 7.39. The van der Waals surface area contributed by atoms with Gasteiger partial charge in [-0.2, -0.15) is 0 Å². The van der Waals surface area contributed by atoms with Gasteiger partial charge in [-0.1, -0.05) is 24.3 Å². The summed E-state index contributed by atoms with van der Waals surface area (Å²) in [5, 5.41) is 0. The largest absolute Gasteiger partial charge is 0.497 e. The summed E-state index contributed by atoms with van der Waals surface area (Å²) in [4.78, 5) is 23.4. The van der Waals surface area contributed by atoms with Gasteiger partial charge in [0.25, 0.3) is 0 Å². The van der Waals surface area contributed by atoms with E-state index in [1.54, 1.807) is 31.6 Å². The maximum Gasteiger partial charge on any atom is 0.223 e. The number of ether oxygens (including phenoxy) is 2. The van der Waals surface area contributed by atoms with E-state index >= 15 is 0 Å². The molecule has 0 bridgehead atoms. The van der Waals surface area contributed by atoms with Crippen molar-refractivity contribution in [1.29, 1.82) is 0 Å². The first-order valence-corrected chi connectivity index (χ1v) is 10.2. The molecular weight excluding hydrogens is 397 g/mol. The number of halogens is 1. The molecule has 1 saturated heterocycles. The molecule has 6 nitrogen and oxygen atoms in total. The van der Waals surface area contributed by atoms with Crippen LogP contribution in [0.5, 0.6) is 5.75 Å². The summed E-state index contributed by atoms with van der Waals surface area (Å²) < 4.78 is 24.6. The van der Waals surface area contributed by atoms with Crippen molar-refractivity contribution >= 4 is 5.91 Å². The van der Waals surface area contributed by atoms with Crippen molar-refractivity contribution in [3.05, 3.63) is 78.0 Å². The number of carbonyl (C=O) groups excluding carboxylic acids is 1. The van der Waals surface area contributed by atoms with Gasteiger partial charge in [0.15, 0.2) is 0 Å². The van der Waals surface area contributed by atoms with Crippen LogP contribution in [0.3, 0.4) is 0 Å². The van der Waals surface area contributed by atoms with Gasteiger partial charge >= 0.3 is 0 Å². The second-order valence-electron chi connectivity index (χ2n) is 7.39. The third-order valence-electron chi connectivity index (χ3n) is 5.31. The third kappa shape index (κ3) is 5.24. The first-order chi connectivity index (χ1) is 15.1. The van der Waals surface area contributed by atoms with Gasteiger partial charge in [-0.25, -0.2) is 9.37 Å². The molecule has 2 aromatic carbocycles. The molecular formula is C24H24FN3O3. The van der Waals surface area contributed by atoms with Crippen molar-refractivity contribution < 1.29 is 18.7 Å². The summed E-state index contributed by atoms with van der Waals surface area (Å²) in [5.41, 5.74) is 2.95. The Bertz CT molecular complexity index is 1040. The molecule has 0 radical (unpaired) electrons. The lowest BCUT2D eigenvalue weighted by Gasteiger charge is -2.32. The molecule has 0 saturated carbocycles. The average Bonchev–Trinajstić information content (AvgIpc) is 2.83. The fourth-order valence-corrected chi connectivity index (χ4v) is 3.58. The molecule has 160 valence electrons. The second kappa shape index (κ2) is 9.66. The highest BCUT2D eigenvalue weighted by molar-refractivity contribution is 5.76. The Morgan fingerprint density at radius 2 is 2.06 bits per heavy atom. The van der Waals surface area contributed by atoms with Crippen molar-refractivity contribution in [2.45, 2.75) is 18.9 Å². The number of amides is 1. The highest BCUT2D eigenvalue weighted by atomic mass is 19.1. The van der Waals surface area contributed by atoms with Crippen LogP contribution in [0, 0.1) is 5.82 Å². The highest BCUT2D eigenvalue weighted by Crippen LogP contribution is 2.24. The first kappa shape index (κ1) is 20.9. The Labute approximate surface area is 180 Å². The molecule has 2 heterocycles. The number of benzene rings is 2. The predicted molar refractivity (Wildman–Crippen MR) is 114 cm³/mol. The number of aromatic nitrogens is 2. The molecule has 3 aromatic rings. The van der Waals surface area contributed by atoms with Gasteiger partial charge in [0.1, 0.15) is 17.7 Å². The molecule has 1 aliphatic heterocycles. The van der Waals surface area contributed by atoms with E-state index in [1.807, 2.05) is 29.2 Å². The molecule has 0 spiro atoms. The molecule has 4 rings (SSSR count). The van der Waals surface area contributed by atoms with Crippen LogP contribution >= 0.6 is 0 Å². The van der Waals surface area contributed by atoms with E-state index in [0.717, 1.165) is 11.3 Å². The van der Waals surface area contributed by atoms with Crippen LogP contribution < -0.4 is 4.74 Å². The topological polar surface area (TPSA) is 64.5 Å². The van der Waals surface area contributed by atoms with Gasteiger partial charge in [-0.05, 0) is 36.2 Å². The zero-order valence-electron chi connectivity index (χ0n) is 17.3. The fourth-order valence-electron chi connectivity index (χ4n) is 3.58. The third-order valence-corrected chi connectivity index (χ3v) is 5.31. The zero-order valence-corrected chi connectivity index (χ0v) is 17.3. The number of hydrogen-bond donors (Lipinski definition) is 0. The lowest BCUT2D eigenvalue weighted by Crippen LogP contribution is -2.42. The maximum atomic E-state index is 13.6. The summed E-state index contributed by atoms with van der Waals surface area (Å²) in [6.45, 7) is 1.41. The Morgan fingerprint density at radius 3 is 2.84 bits per heavy atom. The van der Waals surface area contributed by atoms with Crippen LogP contribution in [-0.4, -0.2) is 47.6 Å². The molecule has 1 aliphatic rings. The van der Waals surface area contributed by atoms with Gasteiger partial charge in [0, 0.05) is 18.5 Å². The average molecular weight is 421 g/mol. The van der Waals surface area contributed by atoms with Gasteiger partial charge in [0.05, 0.1) is 44.0 Å². The molecule has 31 heavy (non-hydrogen) atoms. The number of nitrogens with zero attached hydrogens (tertiary/aromatic N) is 3. The zero-order chi connectivity index (χ0) is 21.6. The minimum Gasteiger partial charge on any atom is -0.497 e. The number of rotatable bonds is 6. The van der Waals surface area contributed by atoms with Crippen molar-refractivity contribution in [2.75, 3.05) is 26.8 Å². The SMILES string of the molecule is COc1ccc(CCC(=O)N2CCOC(c3cncc(-c4cccc(F)c4)n3)C2)cc1. The Balaban J connectivity index is 1.40. The first-order valence-electron chi connectivity index (χ1n) is 10.2. The predicted octanol–water partition coefficient (Wildman–Crippen LogP) is 3.82. The number of hydrogen-bond acceptors (Lipinski definition) is 5. The van der Waals surface area contributed by atoms with E-state index in [1.165, 1.54) is 12.1 Å². The monoisotopic (exact) mass is 421 g/mol. The van der Waals surface area contributed by atoms with Gasteiger partial charge in [-0.15, -0.1) is 0 Å². The van der Waals surface area contributed by atoms with Gasteiger partial charge < -0.3 is 14.4 Å². The molecule has 1 fully saturated rings. The molecule has 7 heteroatoms. The van der Waals surface area contributed by atoms with Crippen molar-refractivity contribution in [1.82, 2.24) is 14.9 Å². The molecule has 1 amide bonds. The minimum absolute atomic E-state index is 0.0818. The van der Waals surface area contributed by atoms with E-state index in [4.69, 9.17) is 9.47 Å². The minimum atomic E-state index is -0.361. The number of morpholine rings is 1. The van der Waals surface area contributed by atoms with Crippen molar-refractivity contribution in [2.24, 2.45) is 0 Å². The summed E-state index contributed by atoms with van der Waals surface area (Å²) in [7, 11) is 1.63. The molecule has 1 atom stereocenters. The van der Waals surface area contributed by atoms with E-state index in [9.17, 15) is 9.18 Å². The number of methoxy groups -OCH3 is 1. The smallest absolute Gasteiger partial charge is 0.223 e. The Hall–Kier alpha value is -3.32. The molecule has 0 aliphatic carbocycles. The van der Waals surface area contributed by atoms with Crippen LogP contribution in [0.15, 0.2) is 60.9 Å². The highest BCUT2D eigenvalue weighted by Gasteiger charge is 2.26. The fraction of sp³-hybridized carbons (Fsp3) is 0.292. The standard InChI is InChI=1S/C24H24FN3O3/c1-30-20-8-5-17(6-9-20)7-10-24(29)28-11-12-31-23(16-28)22-15-26-14-21(27-22)18-3-2-4-19(25)13-18/h2-6,8-9,13-15,23H,7,10-12,16H2,1H3. The summed E-state index contributed by atoms with van der Waals surface area (Å²) in [6, 6.07) is 14.0. The van der Waals surface area contributed by atoms with Crippen LogP contribution in [0.1, 0.15) is 23.8 Å². The summed E-state index contributed by atoms with van der Waals surface area (Å²) in [6.07, 6.45) is 3.96.